The summed E-state index contributed by atoms with van der Waals surface area (Å²) in [6.45, 7) is 2.32. The van der Waals surface area contributed by atoms with E-state index < -0.39 is 0 Å². The fourth-order valence-corrected chi connectivity index (χ4v) is 2.24. The zero-order chi connectivity index (χ0) is 15.5. The van der Waals surface area contributed by atoms with Gasteiger partial charge in [-0.3, -0.25) is 4.79 Å². The normalized spacial score (nSPS) is 10.6. The lowest BCUT2D eigenvalue weighted by Gasteiger charge is -2.08. The third-order valence-corrected chi connectivity index (χ3v) is 3.58. The Morgan fingerprint density at radius 1 is 1.32 bits per heavy atom. The van der Waals surface area contributed by atoms with E-state index in [-0.39, 0.29) is 11.7 Å². The van der Waals surface area contributed by atoms with Crippen LogP contribution in [0.1, 0.15) is 21.8 Å². The fourth-order valence-electron chi connectivity index (χ4n) is 1.98. The number of benzene rings is 1. The maximum Gasteiger partial charge on any atom is 0.295 e. The predicted octanol–water partition coefficient (Wildman–Crippen LogP) is 3.24. The molecule has 0 saturated heterocycles. The Morgan fingerprint density at radius 3 is 2.77 bits per heavy atom. The van der Waals surface area contributed by atoms with E-state index in [2.05, 4.69) is 31.5 Å². The summed E-state index contributed by atoms with van der Waals surface area (Å²) in [5.41, 5.74) is 1.74. The summed E-state index contributed by atoms with van der Waals surface area (Å²) in [7, 11) is 0. The molecule has 2 heterocycles. The number of anilines is 1. The van der Waals surface area contributed by atoms with E-state index in [0.717, 1.165) is 10.0 Å². The van der Waals surface area contributed by atoms with E-state index in [1.165, 1.54) is 0 Å². The van der Waals surface area contributed by atoms with Crippen LogP contribution in [0.15, 0.2) is 51.6 Å². The van der Waals surface area contributed by atoms with Gasteiger partial charge in [-0.25, -0.2) is 4.68 Å². The molecule has 0 aliphatic heterocycles. The highest BCUT2D eigenvalue weighted by Crippen LogP contribution is 2.15. The van der Waals surface area contributed by atoms with Crippen LogP contribution >= 0.6 is 15.9 Å². The van der Waals surface area contributed by atoms with Crippen molar-refractivity contribution in [2.75, 3.05) is 5.32 Å². The number of nitrogens with zero attached hydrogens (tertiary/aromatic N) is 3. The molecule has 22 heavy (non-hydrogen) atoms. The molecule has 3 rings (SSSR count). The molecule has 3 aromatic rings. The first-order chi connectivity index (χ1) is 10.6. The standard InChI is InChI=1S/C15H13BrN4O2/c1-10-8-13(22-19-10)15(21)18-14-6-7-17-20(14)9-11-2-4-12(16)5-3-11/h2-8H,9H2,1H3,(H,18,21). The third kappa shape index (κ3) is 3.25. The van der Waals surface area contributed by atoms with Gasteiger partial charge in [0.05, 0.1) is 18.4 Å². The summed E-state index contributed by atoms with van der Waals surface area (Å²) in [4.78, 5) is 12.1. The van der Waals surface area contributed by atoms with E-state index in [9.17, 15) is 4.79 Å². The van der Waals surface area contributed by atoms with Crippen LogP contribution in [0.5, 0.6) is 0 Å². The van der Waals surface area contributed by atoms with Crippen molar-refractivity contribution >= 4 is 27.7 Å². The molecule has 6 nitrogen and oxygen atoms in total. The fraction of sp³-hybridized carbons (Fsp3) is 0.133. The Morgan fingerprint density at radius 2 is 2.09 bits per heavy atom. The Labute approximate surface area is 135 Å². The molecule has 0 unspecified atom stereocenters. The number of hydrogen-bond donors (Lipinski definition) is 1. The van der Waals surface area contributed by atoms with Gasteiger partial charge in [-0.1, -0.05) is 33.2 Å². The van der Waals surface area contributed by atoms with Crippen molar-refractivity contribution in [1.82, 2.24) is 14.9 Å². The second-order valence-electron chi connectivity index (χ2n) is 4.79. The molecule has 0 aliphatic carbocycles. The van der Waals surface area contributed by atoms with Gasteiger partial charge in [0.15, 0.2) is 0 Å². The van der Waals surface area contributed by atoms with E-state index in [1.807, 2.05) is 24.3 Å². The quantitative estimate of drug-likeness (QED) is 0.774. The molecule has 1 amide bonds. The van der Waals surface area contributed by atoms with Gasteiger partial charge in [-0.2, -0.15) is 5.10 Å². The van der Waals surface area contributed by atoms with Crippen molar-refractivity contribution in [3.63, 3.8) is 0 Å². The van der Waals surface area contributed by atoms with Crippen molar-refractivity contribution in [1.29, 1.82) is 0 Å². The maximum atomic E-state index is 12.1. The molecule has 7 heteroatoms. The monoisotopic (exact) mass is 360 g/mol. The van der Waals surface area contributed by atoms with Crippen LogP contribution in [0.25, 0.3) is 0 Å². The minimum absolute atomic E-state index is 0.175. The lowest BCUT2D eigenvalue weighted by molar-refractivity contribution is 0.0987. The van der Waals surface area contributed by atoms with Gasteiger partial charge in [0.1, 0.15) is 5.82 Å². The number of carbonyl (C=O) groups is 1. The first-order valence-corrected chi connectivity index (χ1v) is 7.42. The number of aryl methyl sites for hydroxylation is 1. The molecule has 0 aliphatic rings. The Hall–Kier alpha value is -2.41. The highest BCUT2D eigenvalue weighted by Gasteiger charge is 2.14. The van der Waals surface area contributed by atoms with Crippen LogP contribution in [0.2, 0.25) is 0 Å². The summed E-state index contributed by atoms with van der Waals surface area (Å²) < 4.78 is 7.68. The van der Waals surface area contributed by atoms with Crippen LogP contribution in [-0.2, 0) is 6.54 Å². The maximum absolute atomic E-state index is 12.1. The zero-order valence-electron chi connectivity index (χ0n) is 11.8. The average molecular weight is 361 g/mol. The smallest absolute Gasteiger partial charge is 0.295 e. The van der Waals surface area contributed by atoms with Gasteiger partial charge < -0.3 is 9.84 Å². The molecule has 1 N–H and O–H groups in total. The molecule has 0 atom stereocenters. The minimum Gasteiger partial charge on any atom is -0.351 e. The van der Waals surface area contributed by atoms with Crippen molar-refractivity contribution in [3.05, 3.63) is 64.1 Å². The Kier molecular flexibility index (Phi) is 4.06. The second kappa shape index (κ2) is 6.15. The van der Waals surface area contributed by atoms with Gasteiger partial charge in [-0.15, -0.1) is 0 Å². The highest BCUT2D eigenvalue weighted by molar-refractivity contribution is 9.10. The highest BCUT2D eigenvalue weighted by atomic mass is 79.9. The number of halogens is 1. The second-order valence-corrected chi connectivity index (χ2v) is 5.70. The van der Waals surface area contributed by atoms with E-state index in [0.29, 0.717) is 18.1 Å². The Bertz CT molecular complexity index is 792. The lowest BCUT2D eigenvalue weighted by atomic mass is 10.2. The molecule has 2 aromatic heterocycles. The molecule has 0 fully saturated rings. The van der Waals surface area contributed by atoms with Crippen molar-refractivity contribution in [2.24, 2.45) is 0 Å². The zero-order valence-corrected chi connectivity index (χ0v) is 13.4. The Balaban J connectivity index is 1.74. The molecule has 0 radical (unpaired) electrons. The van der Waals surface area contributed by atoms with Crippen LogP contribution < -0.4 is 5.32 Å². The molecule has 1 aromatic carbocycles. The van der Waals surface area contributed by atoms with Crippen molar-refractivity contribution in [2.45, 2.75) is 13.5 Å². The van der Waals surface area contributed by atoms with Crippen molar-refractivity contribution < 1.29 is 9.32 Å². The topological polar surface area (TPSA) is 73.0 Å². The number of carbonyl (C=O) groups excluding carboxylic acids is 1. The number of nitrogens with one attached hydrogen (secondary N) is 1. The van der Waals surface area contributed by atoms with Gasteiger partial charge in [0.2, 0.25) is 5.76 Å². The van der Waals surface area contributed by atoms with E-state index in [4.69, 9.17) is 4.52 Å². The van der Waals surface area contributed by atoms with Crippen LogP contribution in [-0.4, -0.2) is 20.8 Å². The number of amides is 1. The third-order valence-electron chi connectivity index (χ3n) is 3.06. The number of aromatic nitrogens is 3. The molecule has 0 saturated carbocycles. The van der Waals surface area contributed by atoms with E-state index in [1.54, 1.807) is 29.9 Å². The predicted molar refractivity (Wildman–Crippen MR) is 84.7 cm³/mol. The summed E-state index contributed by atoms with van der Waals surface area (Å²) >= 11 is 3.40. The SMILES string of the molecule is Cc1cc(C(=O)Nc2ccnn2Cc2ccc(Br)cc2)on1. The average Bonchev–Trinajstić information content (AvgIpc) is 3.11. The molecule has 0 bridgehead atoms. The molecular formula is C15H13BrN4O2. The van der Waals surface area contributed by atoms with Crippen molar-refractivity contribution in [3.8, 4) is 0 Å². The van der Waals surface area contributed by atoms with Gasteiger partial charge in [0.25, 0.3) is 5.91 Å². The lowest BCUT2D eigenvalue weighted by Crippen LogP contribution is -2.15. The van der Waals surface area contributed by atoms with Crippen LogP contribution in [0, 0.1) is 6.92 Å². The number of rotatable bonds is 4. The first kappa shape index (κ1) is 14.5. The summed E-state index contributed by atoms with van der Waals surface area (Å²) in [6.07, 6.45) is 1.64. The van der Waals surface area contributed by atoms with Gasteiger partial charge in [-0.05, 0) is 24.6 Å². The molecular weight excluding hydrogens is 348 g/mol. The summed E-state index contributed by atoms with van der Waals surface area (Å²) in [5, 5.41) is 10.7. The van der Waals surface area contributed by atoms with Gasteiger partial charge in [0, 0.05) is 16.6 Å². The van der Waals surface area contributed by atoms with Crippen LogP contribution in [0.4, 0.5) is 5.82 Å². The van der Waals surface area contributed by atoms with E-state index >= 15 is 0 Å². The number of hydrogen-bond acceptors (Lipinski definition) is 4. The summed E-state index contributed by atoms with van der Waals surface area (Å²) in [6, 6.07) is 11.3. The first-order valence-electron chi connectivity index (χ1n) is 6.63. The largest absolute Gasteiger partial charge is 0.351 e. The van der Waals surface area contributed by atoms with Gasteiger partial charge >= 0.3 is 0 Å². The molecule has 112 valence electrons. The minimum atomic E-state index is -0.349. The van der Waals surface area contributed by atoms with Crippen LogP contribution in [0.3, 0.4) is 0 Å². The summed E-state index contributed by atoms with van der Waals surface area (Å²) in [5.74, 6) is 0.425. The molecule has 0 spiro atoms.